The lowest BCUT2D eigenvalue weighted by molar-refractivity contribution is -0.121. The van der Waals surface area contributed by atoms with E-state index in [9.17, 15) is 9.90 Å². The number of carbonyl (C=O) groups excluding carboxylic acids is 1. The van der Waals surface area contributed by atoms with Gasteiger partial charge in [-0.15, -0.1) is 0 Å². The molecule has 0 saturated heterocycles. The second-order valence-corrected chi connectivity index (χ2v) is 5.88. The first-order valence-electron chi connectivity index (χ1n) is 6.69. The summed E-state index contributed by atoms with van der Waals surface area (Å²) in [6.07, 6.45) is 7.12. The Morgan fingerprint density at radius 2 is 2.06 bits per heavy atom. The van der Waals surface area contributed by atoms with Crippen LogP contribution in [0.1, 0.15) is 65.7 Å². The smallest absolute Gasteiger partial charge is 0.136 e. The molecule has 2 nitrogen and oxygen atoms in total. The van der Waals surface area contributed by atoms with Gasteiger partial charge < -0.3 is 5.11 Å². The van der Waals surface area contributed by atoms with Crippen molar-refractivity contribution in [3.8, 4) is 0 Å². The number of hydrogen-bond donors (Lipinski definition) is 1. The summed E-state index contributed by atoms with van der Waals surface area (Å²) in [7, 11) is 0. The minimum atomic E-state index is -0.627. The summed E-state index contributed by atoms with van der Waals surface area (Å²) in [4.78, 5) is 11.8. The number of ketones is 1. The van der Waals surface area contributed by atoms with E-state index in [1.54, 1.807) is 0 Å². The molecule has 0 radical (unpaired) electrons. The molecule has 0 aromatic carbocycles. The highest BCUT2D eigenvalue weighted by Crippen LogP contribution is 2.37. The van der Waals surface area contributed by atoms with Gasteiger partial charge in [-0.05, 0) is 39.0 Å². The number of unbranched alkanes of at least 4 members (excludes halogenated alkanes) is 2. The van der Waals surface area contributed by atoms with Crippen LogP contribution in [-0.2, 0) is 4.79 Å². The third-order valence-corrected chi connectivity index (χ3v) is 3.62. The van der Waals surface area contributed by atoms with Crippen molar-refractivity contribution in [1.29, 1.82) is 0 Å². The molecule has 0 aromatic heterocycles. The molecule has 1 aliphatic carbocycles. The van der Waals surface area contributed by atoms with Crippen LogP contribution in [-0.4, -0.2) is 16.5 Å². The van der Waals surface area contributed by atoms with Gasteiger partial charge in [0.25, 0.3) is 0 Å². The maximum atomic E-state index is 11.8. The number of hydrogen-bond acceptors (Lipinski definition) is 2. The van der Waals surface area contributed by atoms with Gasteiger partial charge >= 0.3 is 0 Å². The van der Waals surface area contributed by atoms with E-state index in [2.05, 4.69) is 6.92 Å². The Balaban J connectivity index is 2.46. The Bertz CT molecular complexity index is 227. The van der Waals surface area contributed by atoms with Crippen LogP contribution in [0.25, 0.3) is 0 Å². The van der Waals surface area contributed by atoms with Gasteiger partial charge in [0.1, 0.15) is 5.78 Å². The first-order valence-corrected chi connectivity index (χ1v) is 6.69. The Hall–Kier alpha value is -0.370. The van der Waals surface area contributed by atoms with E-state index < -0.39 is 5.60 Å². The highest BCUT2D eigenvalue weighted by Gasteiger charge is 2.36. The molecule has 0 aromatic rings. The summed E-state index contributed by atoms with van der Waals surface area (Å²) in [6, 6.07) is 0. The Kier molecular flexibility index (Phi) is 4.97. The fraction of sp³-hybridized carbons (Fsp3) is 0.929. The van der Waals surface area contributed by atoms with E-state index in [4.69, 9.17) is 0 Å². The van der Waals surface area contributed by atoms with E-state index in [1.165, 1.54) is 12.8 Å². The van der Waals surface area contributed by atoms with E-state index >= 15 is 0 Å². The molecule has 1 saturated carbocycles. The van der Waals surface area contributed by atoms with Crippen molar-refractivity contribution in [3.05, 3.63) is 0 Å². The first-order chi connectivity index (χ1) is 7.44. The van der Waals surface area contributed by atoms with Gasteiger partial charge in [-0.3, -0.25) is 4.79 Å². The predicted molar refractivity (Wildman–Crippen MR) is 66.3 cm³/mol. The Labute approximate surface area is 99.4 Å². The van der Waals surface area contributed by atoms with Crippen molar-refractivity contribution < 1.29 is 9.90 Å². The predicted octanol–water partition coefficient (Wildman–Crippen LogP) is 3.32. The molecule has 94 valence electrons. The van der Waals surface area contributed by atoms with Gasteiger partial charge in [0.2, 0.25) is 0 Å². The van der Waals surface area contributed by atoms with Crippen LogP contribution in [0.3, 0.4) is 0 Å². The van der Waals surface area contributed by atoms with E-state index in [0.717, 1.165) is 32.1 Å². The molecule has 0 aliphatic heterocycles. The molecule has 0 spiro atoms. The zero-order valence-electron chi connectivity index (χ0n) is 11.0. The van der Waals surface area contributed by atoms with Crippen molar-refractivity contribution in [2.75, 3.05) is 0 Å². The highest BCUT2D eigenvalue weighted by atomic mass is 16.3. The van der Waals surface area contributed by atoms with Gasteiger partial charge in [0.15, 0.2) is 0 Å². The molecule has 0 heterocycles. The summed E-state index contributed by atoms with van der Waals surface area (Å²) < 4.78 is 0. The summed E-state index contributed by atoms with van der Waals surface area (Å²) in [6.45, 7) is 5.88. The molecule has 0 bridgehead atoms. The number of aliphatic hydroxyl groups is 1. The second kappa shape index (κ2) is 5.81. The Morgan fingerprint density at radius 3 is 2.62 bits per heavy atom. The maximum Gasteiger partial charge on any atom is 0.136 e. The standard InChI is InChI=1S/C14H26O2/c1-4-5-6-7-12-11(8-9-13(12)15)10-14(2,3)16/h11-12,16H,4-10H2,1-3H3. The normalized spacial score (nSPS) is 26.4. The monoisotopic (exact) mass is 226 g/mol. The zero-order valence-corrected chi connectivity index (χ0v) is 11.0. The van der Waals surface area contributed by atoms with Gasteiger partial charge in [-0.2, -0.15) is 0 Å². The molecule has 1 N–H and O–H groups in total. The molecule has 1 fully saturated rings. The maximum absolute atomic E-state index is 11.8. The van der Waals surface area contributed by atoms with E-state index in [1.807, 2.05) is 13.8 Å². The number of carbonyl (C=O) groups is 1. The number of rotatable bonds is 6. The minimum Gasteiger partial charge on any atom is -0.390 e. The van der Waals surface area contributed by atoms with Crippen molar-refractivity contribution in [2.24, 2.45) is 11.8 Å². The molecular formula is C14H26O2. The van der Waals surface area contributed by atoms with Gasteiger partial charge in [0.05, 0.1) is 5.60 Å². The second-order valence-electron chi connectivity index (χ2n) is 5.88. The first kappa shape index (κ1) is 13.7. The molecule has 0 amide bonds. The van der Waals surface area contributed by atoms with Crippen molar-refractivity contribution >= 4 is 5.78 Å². The fourth-order valence-corrected chi connectivity index (χ4v) is 2.87. The van der Waals surface area contributed by atoms with E-state index in [-0.39, 0.29) is 5.92 Å². The van der Waals surface area contributed by atoms with Gasteiger partial charge in [0, 0.05) is 12.3 Å². The minimum absolute atomic E-state index is 0.234. The summed E-state index contributed by atoms with van der Waals surface area (Å²) >= 11 is 0. The summed E-state index contributed by atoms with van der Waals surface area (Å²) in [5.41, 5.74) is -0.627. The summed E-state index contributed by atoms with van der Waals surface area (Å²) in [5, 5.41) is 9.84. The molecule has 16 heavy (non-hydrogen) atoms. The van der Waals surface area contributed by atoms with Crippen molar-refractivity contribution in [2.45, 2.75) is 71.3 Å². The van der Waals surface area contributed by atoms with Gasteiger partial charge in [-0.1, -0.05) is 26.2 Å². The molecule has 2 atom stereocenters. The van der Waals surface area contributed by atoms with Crippen molar-refractivity contribution in [3.63, 3.8) is 0 Å². The fourth-order valence-electron chi connectivity index (χ4n) is 2.87. The molecule has 1 aliphatic rings. The van der Waals surface area contributed by atoms with E-state index in [0.29, 0.717) is 11.7 Å². The average Bonchev–Trinajstić information content (AvgIpc) is 2.47. The van der Waals surface area contributed by atoms with Crippen molar-refractivity contribution in [1.82, 2.24) is 0 Å². The van der Waals surface area contributed by atoms with Crippen LogP contribution in [0.2, 0.25) is 0 Å². The number of Topliss-reactive ketones (excluding diaryl/α,β-unsaturated/α-hetero) is 1. The SMILES string of the molecule is CCCCCC1C(=O)CCC1CC(C)(C)O. The Morgan fingerprint density at radius 1 is 1.38 bits per heavy atom. The lowest BCUT2D eigenvalue weighted by atomic mass is 9.83. The lowest BCUT2D eigenvalue weighted by Gasteiger charge is -2.25. The van der Waals surface area contributed by atoms with Crippen LogP contribution in [0, 0.1) is 11.8 Å². The van der Waals surface area contributed by atoms with Gasteiger partial charge in [-0.25, -0.2) is 0 Å². The average molecular weight is 226 g/mol. The van der Waals surface area contributed by atoms with Crippen LogP contribution in [0.15, 0.2) is 0 Å². The lowest BCUT2D eigenvalue weighted by Crippen LogP contribution is -2.26. The van der Waals surface area contributed by atoms with Crippen LogP contribution in [0.4, 0.5) is 0 Å². The third-order valence-electron chi connectivity index (χ3n) is 3.62. The third kappa shape index (κ3) is 4.25. The molecular weight excluding hydrogens is 200 g/mol. The molecule has 2 unspecified atom stereocenters. The van der Waals surface area contributed by atoms with Crippen LogP contribution >= 0.6 is 0 Å². The van der Waals surface area contributed by atoms with Crippen LogP contribution < -0.4 is 0 Å². The topological polar surface area (TPSA) is 37.3 Å². The quantitative estimate of drug-likeness (QED) is 0.705. The molecule has 1 rings (SSSR count). The molecule has 2 heteroatoms. The van der Waals surface area contributed by atoms with Crippen LogP contribution in [0.5, 0.6) is 0 Å². The largest absolute Gasteiger partial charge is 0.390 e. The summed E-state index contributed by atoms with van der Waals surface area (Å²) in [5.74, 6) is 1.09. The zero-order chi connectivity index (χ0) is 12.2. The highest BCUT2D eigenvalue weighted by molar-refractivity contribution is 5.83.